The first kappa shape index (κ1) is 12.8. The largest absolute Gasteiger partial charge is 0.378 e. The third kappa shape index (κ3) is 3.20. The second-order valence-corrected chi connectivity index (χ2v) is 4.56. The molecule has 2 N–H and O–H groups in total. The zero-order valence-corrected chi connectivity index (χ0v) is 10.5. The van der Waals surface area contributed by atoms with Crippen molar-refractivity contribution in [3.05, 3.63) is 33.7 Å². The number of aromatic amines is 1. The van der Waals surface area contributed by atoms with Gasteiger partial charge in [0.15, 0.2) is 0 Å². The maximum Gasteiger partial charge on any atom is 0.260 e. The van der Waals surface area contributed by atoms with E-state index >= 15 is 0 Å². The highest BCUT2D eigenvalue weighted by Gasteiger charge is 2.16. The van der Waals surface area contributed by atoms with Gasteiger partial charge in [-0.2, -0.15) is 0 Å². The zero-order valence-electron chi connectivity index (χ0n) is 10.5. The summed E-state index contributed by atoms with van der Waals surface area (Å²) < 4.78 is 5.46. The molecule has 0 radical (unpaired) electrons. The number of aromatic nitrogens is 1. The van der Waals surface area contributed by atoms with Crippen molar-refractivity contribution in [2.45, 2.75) is 32.3 Å². The van der Waals surface area contributed by atoms with E-state index < -0.39 is 0 Å². The van der Waals surface area contributed by atoms with Gasteiger partial charge in [0.05, 0.1) is 6.10 Å². The van der Waals surface area contributed by atoms with Crippen LogP contribution in [0.5, 0.6) is 0 Å². The highest BCUT2D eigenvalue weighted by atomic mass is 16.5. The van der Waals surface area contributed by atoms with Gasteiger partial charge < -0.3 is 15.0 Å². The molecule has 1 aromatic rings. The van der Waals surface area contributed by atoms with Crippen molar-refractivity contribution in [2.75, 3.05) is 13.2 Å². The Hall–Kier alpha value is -1.62. The number of pyridine rings is 1. The summed E-state index contributed by atoms with van der Waals surface area (Å²) in [7, 11) is 0. The second kappa shape index (κ2) is 5.82. The van der Waals surface area contributed by atoms with Crippen LogP contribution in [0, 0.1) is 6.92 Å². The van der Waals surface area contributed by atoms with Gasteiger partial charge in [-0.1, -0.05) is 0 Å². The smallest absolute Gasteiger partial charge is 0.260 e. The van der Waals surface area contributed by atoms with Crippen LogP contribution in [0.4, 0.5) is 0 Å². The molecule has 0 spiro atoms. The van der Waals surface area contributed by atoms with Crippen LogP contribution in [0.15, 0.2) is 16.9 Å². The van der Waals surface area contributed by atoms with Crippen molar-refractivity contribution in [1.82, 2.24) is 10.3 Å². The molecule has 1 aromatic heterocycles. The predicted molar refractivity (Wildman–Crippen MR) is 67.7 cm³/mol. The van der Waals surface area contributed by atoms with Crippen LogP contribution >= 0.6 is 0 Å². The summed E-state index contributed by atoms with van der Waals surface area (Å²) in [5, 5.41) is 2.75. The van der Waals surface area contributed by atoms with Gasteiger partial charge in [-0.15, -0.1) is 0 Å². The van der Waals surface area contributed by atoms with E-state index in [1.54, 1.807) is 19.1 Å². The zero-order chi connectivity index (χ0) is 13.0. The van der Waals surface area contributed by atoms with E-state index in [1.165, 1.54) is 0 Å². The summed E-state index contributed by atoms with van der Waals surface area (Å²) in [6.07, 6.45) is 3.20. The maximum absolute atomic E-state index is 11.8. The fourth-order valence-electron chi connectivity index (χ4n) is 2.06. The first-order chi connectivity index (χ1) is 8.66. The van der Waals surface area contributed by atoms with Crippen molar-refractivity contribution < 1.29 is 9.53 Å². The van der Waals surface area contributed by atoms with E-state index in [2.05, 4.69) is 10.3 Å². The van der Waals surface area contributed by atoms with Gasteiger partial charge in [-0.25, -0.2) is 0 Å². The number of carbonyl (C=O) groups is 1. The Labute approximate surface area is 106 Å². The Morgan fingerprint density at radius 3 is 3.06 bits per heavy atom. The van der Waals surface area contributed by atoms with Crippen LogP contribution in [0.25, 0.3) is 0 Å². The number of amides is 1. The lowest BCUT2D eigenvalue weighted by Crippen LogP contribution is -2.31. The molecule has 98 valence electrons. The summed E-state index contributed by atoms with van der Waals surface area (Å²) >= 11 is 0. The fourth-order valence-corrected chi connectivity index (χ4v) is 2.06. The second-order valence-electron chi connectivity index (χ2n) is 4.56. The molecule has 1 aliphatic heterocycles. The molecule has 5 heteroatoms. The molecule has 1 atom stereocenters. The Bertz CT molecular complexity index is 475. The number of nitrogens with one attached hydrogen (secondary N) is 2. The van der Waals surface area contributed by atoms with Crippen LogP contribution in [0.3, 0.4) is 0 Å². The van der Waals surface area contributed by atoms with Gasteiger partial charge in [-0.05, 0) is 38.3 Å². The molecule has 1 fully saturated rings. The lowest BCUT2D eigenvalue weighted by Gasteiger charge is -2.09. The number of hydrogen-bond acceptors (Lipinski definition) is 3. The molecule has 18 heavy (non-hydrogen) atoms. The molecule has 1 unspecified atom stereocenters. The van der Waals surface area contributed by atoms with Gasteiger partial charge in [0.25, 0.3) is 11.5 Å². The number of hydrogen-bond donors (Lipinski definition) is 2. The summed E-state index contributed by atoms with van der Waals surface area (Å²) in [5.41, 5.74) is 0.563. The Balaban J connectivity index is 1.85. The van der Waals surface area contributed by atoms with E-state index in [0.29, 0.717) is 6.54 Å². The normalized spacial score (nSPS) is 18.8. The predicted octanol–water partition coefficient (Wildman–Crippen LogP) is 0.982. The van der Waals surface area contributed by atoms with Crippen molar-refractivity contribution in [1.29, 1.82) is 0 Å². The average molecular weight is 250 g/mol. The number of ether oxygens (including phenoxy) is 1. The van der Waals surface area contributed by atoms with Gasteiger partial charge in [0, 0.05) is 18.8 Å². The van der Waals surface area contributed by atoms with Gasteiger partial charge >= 0.3 is 0 Å². The molecule has 1 saturated heterocycles. The summed E-state index contributed by atoms with van der Waals surface area (Å²) in [6, 6.07) is 3.27. The number of aryl methyl sites for hydroxylation is 1. The molecule has 5 nitrogen and oxygen atoms in total. The molecule has 1 amide bonds. The minimum absolute atomic E-state index is 0.160. The minimum atomic E-state index is -0.343. The monoisotopic (exact) mass is 250 g/mol. The molecule has 1 aliphatic rings. The molecular weight excluding hydrogens is 232 g/mol. The minimum Gasteiger partial charge on any atom is -0.378 e. The first-order valence-electron chi connectivity index (χ1n) is 6.26. The lowest BCUT2D eigenvalue weighted by molar-refractivity contribution is 0.0906. The molecule has 2 rings (SSSR count). The van der Waals surface area contributed by atoms with Crippen LogP contribution in [0.2, 0.25) is 0 Å². The van der Waals surface area contributed by atoms with Gasteiger partial charge in [0.2, 0.25) is 0 Å². The van der Waals surface area contributed by atoms with Crippen molar-refractivity contribution in [3.8, 4) is 0 Å². The quantitative estimate of drug-likeness (QED) is 0.837. The molecule has 0 aliphatic carbocycles. The van der Waals surface area contributed by atoms with Crippen molar-refractivity contribution in [2.24, 2.45) is 0 Å². The fraction of sp³-hybridized carbons (Fsp3) is 0.538. The van der Waals surface area contributed by atoms with E-state index in [-0.39, 0.29) is 23.1 Å². The summed E-state index contributed by atoms with van der Waals surface area (Å²) in [6.45, 7) is 3.13. The number of rotatable bonds is 4. The molecular formula is C13H18N2O3. The van der Waals surface area contributed by atoms with Crippen LogP contribution in [0.1, 0.15) is 35.3 Å². The topological polar surface area (TPSA) is 71.2 Å². The molecule has 0 bridgehead atoms. The van der Waals surface area contributed by atoms with E-state index in [9.17, 15) is 9.59 Å². The summed E-state index contributed by atoms with van der Waals surface area (Å²) in [4.78, 5) is 25.9. The van der Waals surface area contributed by atoms with E-state index in [4.69, 9.17) is 4.74 Å². The molecule has 0 aromatic carbocycles. The Morgan fingerprint density at radius 2 is 2.39 bits per heavy atom. The van der Waals surface area contributed by atoms with Crippen molar-refractivity contribution in [3.63, 3.8) is 0 Å². The lowest BCUT2D eigenvalue weighted by atomic mass is 10.2. The van der Waals surface area contributed by atoms with E-state index in [0.717, 1.165) is 31.6 Å². The van der Waals surface area contributed by atoms with Crippen molar-refractivity contribution >= 4 is 5.91 Å². The SMILES string of the molecule is Cc1ccc(C(=O)NCCC2CCCO2)c(=O)[nH]1. The number of H-pyrrole nitrogens is 1. The number of carbonyl (C=O) groups excluding carboxylic acids is 1. The standard InChI is InChI=1S/C13H18N2O3/c1-9-4-5-11(13(17)15-9)12(16)14-7-6-10-3-2-8-18-10/h4-5,10H,2-3,6-8H2,1H3,(H,14,16)(H,15,17). The summed E-state index contributed by atoms with van der Waals surface area (Å²) in [5.74, 6) is -0.325. The van der Waals surface area contributed by atoms with E-state index in [1.807, 2.05) is 0 Å². The third-order valence-electron chi connectivity index (χ3n) is 3.08. The van der Waals surface area contributed by atoms with Crippen LogP contribution in [-0.2, 0) is 4.74 Å². The third-order valence-corrected chi connectivity index (χ3v) is 3.08. The van der Waals surface area contributed by atoms with Crippen LogP contribution < -0.4 is 10.9 Å². The highest BCUT2D eigenvalue weighted by Crippen LogP contribution is 2.14. The highest BCUT2D eigenvalue weighted by molar-refractivity contribution is 5.93. The average Bonchev–Trinajstić information content (AvgIpc) is 2.81. The maximum atomic E-state index is 11.8. The Kier molecular flexibility index (Phi) is 4.15. The Morgan fingerprint density at radius 1 is 1.56 bits per heavy atom. The molecule has 0 saturated carbocycles. The van der Waals surface area contributed by atoms with Gasteiger partial charge in [0.1, 0.15) is 5.56 Å². The van der Waals surface area contributed by atoms with Gasteiger partial charge in [-0.3, -0.25) is 9.59 Å². The van der Waals surface area contributed by atoms with Crippen LogP contribution in [-0.4, -0.2) is 30.1 Å². The molecule has 2 heterocycles. The first-order valence-corrected chi connectivity index (χ1v) is 6.26.